The van der Waals surface area contributed by atoms with Crippen LogP contribution in [0.4, 0.5) is 5.69 Å². The molecule has 2 rings (SSSR count). The van der Waals surface area contributed by atoms with Crippen molar-refractivity contribution in [3.05, 3.63) is 29.8 Å². The second kappa shape index (κ2) is 8.18. The first-order chi connectivity index (χ1) is 10.5. The summed E-state index contributed by atoms with van der Waals surface area (Å²) in [5, 5.41) is 2.99. The number of hydrogen-bond acceptors (Lipinski definition) is 3. The summed E-state index contributed by atoms with van der Waals surface area (Å²) in [5.41, 5.74) is 2.62. The number of carbonyl (C=O) groups excluding carboxylic acids is 1. The summed E-state index contributed by atoms with van der Waals surface area (Å²) >= 11 is 0. The van der Waals surface area contributed by atoms with Gasteiger partial charge in [-0.15, -0.1) is 0 Å². The molecule has 1 aromatic carbocycles. The Balaban J connectivity index is 1.70. The number of amides is 1. The normalized spacial score (nSPS) is 16.1. The van der Waals surface area contributed by atoms with E-state index in [0.29, 0.717) is 12.3 Å². The molecule has 1 heterocycles. The zero-order valence-electron chi connectivity index (χ0n) is 14.1. The van der Waals surface area contributed by atoms with E-state index in [0.717, 1.165) is 39.3 Å². The Morgan fingerprint density at radius 2 is 1.95 bits per heavy atom. The lowest BCUT2D eigenvalue weighted by Crippen LogP contribution is -2.47. The fraction of sp³-hybridized carbons (Fsp3) is 0.611. The summed E-state index contributed by atoms with van der Waals surface area (Å²) in [5.74, 6) is 0.691. The minimum atomic E-state index is 0.176. The highest BCUT2D eigenvalue weighted by Gasteiger charge is 2.17. The molecule has 0 radical (unpaired) electrons. The molecule has 4 nitrogen and oxygen atoms in total. The maximum atomic E-state index is 11.8. The number of carbonyl (C=O) groups is 1. The average Bonchev–Trinajstić information content (AvgIpc) is 2.51. The second-order valence-corrected chi connectivity index (χ2v) is 6.62. The standard InChI is InChI=1S/C18H29N3O/c1-15(2)14-19-18(22)7-8-20-9-11-21(12-10-20)17-6-4-5-16(3)13-17/h4-6,13,15H,7-12,14H2,1-3H3,(H,19,22). The zero-order valence-corrected chi connectivity index (χ0v) is 14.1. The zero-order chi connectivity index (χ0) is 15.9. The molecule has 0 bridgehead atoms. The number of nitrogens with one attached hydrogen (secondary N) is 1. The van der Waals surface area contributed by atoms with Crippen molar-refractivity contribution in [3.8, 4) is 0 Å². The Morgan fingerprint density at radius 3 is 2.59 bits per heavy atom. The van der Waals surface area contributed by atoms with Crippen LogP contribution in [0, 0.1) is 12.8 Å². The first-order valence-corrected chi connectivity index (χ1v) is 8.35. The highest BCUT2D eigenvalue weighted by molar-refractivity contribution is 5.76. The van der Waals surface area contributed by atoms with Crippen LogP contribution in [0.25, 0.3) is 0 Å². The molecule has 0 spiro atoms. The average molecular weight is 303 g/mol. The van der Waals surface area contributed by atoms with Crippen LogP contribution in [0.1, 0.15) is 25.8 Å². The molecule has 122 valence electrons. The van der Waals surface area contributed by atoms with Crippen molar-refractivity contribution in [3.63, 3.8) is 0 Å². The van der Waals surface area contributed by atoms with Gasteiger partial charge in [0.15, 0.2) is 0 Å². The lowest BCUT2D eigenvalue weighted by molar-refractivity contribution is -0.121. The first kappa shape index (κ1) is 16.8. The molecule has 1 aromatic rings. The van der Waals surface area contributed by atoms with E-state index in [9.17, 15) is 4.79 Å². The van der Waals surface area contributed by atoms with Gasteiger partial charge in [-0.1, -0.05) is 26.0 Å². The van der Waals surface area contributed by atoms with Gasteiger partial charge in [-0.3, -0.25) is 9.69 Å². The van der Waals surface area contributed by atoms with Gasteiger partial charge < -0.3 is 10.2 Å². The molecule has 1 saturated heterocycles. The van der Waals surface area contributed by atoms with Gasteiger partial charge in [-0.05, 0) is 30.5 Å². The van der Waals surface area contributed by atoms with Gasteiger partial charge in [0, 0.05) is 51.4 Å². The molecule has 1 fully saturated rings. The third kappa shape index (κ3) is 5.34. The summed E-state index contributed by atoms with van der Waals surface area (Å²) < 4.78 is 0. The van der Waals surface area contributed by atoms with Crippen LogP contribution in [-0.2, 0) is 4.79 Å². The summed E-state index contributed by atoms with van der Waals surface area (Å²) in [6.07, 6.45) is 0.608. The van der Waals surface area contributed by atoms with Gasteiger partial charge in [0.25, 0.3) is 0 Å². The summed E-state index contributed by atoms with van der Waals surface area (Å²) in [6, 6.07) is 8.68. The van der Waals surface area contributed by atoms with E-state index in [2.05, 4.69) is 60.2 Å². The third-order valence-electron chi connectivity index (χ3n) is 4.10. The molecule has 22 heavy (non-hydrogen) atoms. The number of aryl methyl sites for hydroxylation is 1. The van der Waals surface area contributed by atoms with Gasteiger partial charge in [0.05, 0.1) is 0 Å². The fourth-order valence-corrected chi connectivity index (χ4v) is 2.72. The van der Waals surface area contributed by atoms with E-state index in [-0.39, 0.29) is 5.91 Å². The predicted octanol–water partition coefficient (Wildman–Crippen LogP) is 2.28. The Labute approximate surface area is 134 Å². The van der Waals surface area contributed by atoms with Crippen LogP contribution in [0.2, 0.25) is 0 Å². The van der Waals surface area contributed by atoms with Crippen molar-refractivity contribution in [1.82, 2.24) is 10.2 Å². The predicted molar refractivity (Wildman–Crippen MR) is 92.3 cm³/mol. The number of anilines is 1. The molecule has 0 atom stereocenters. The molecule has 1 N–H and O–H groups in total. The van der Waals surface area contributed by atoms with E-state index >= 15 is 0 Å². The molecular formula is C18H29N3O. The quantitative estimate of drug-likeness (QED) is 0.876. The van der Waals surface area contributed by atoms with Crippen molar-refractivity contribution in [2.24, 2.45) is 5.92 Å². The molecule has 1 amide bonds. The van der Waals surface area contributed by atoms with Crippen molar-refractivity contribution in [2.75, 3.05) is 44.2 Å². The second-order valence-electron chi connectivity index (χ2n) is 6.62. The van der Waals surface area contributed by atoms with E-state index in [1.54, 1.807) is 0 Å². The van der Waals surface area contributed by atoms with E-state index in [4.69, 9.17) is 0 Å². The smallest absolute Gasteiger partial charge is 0.221 e. The Morgan fingerprint density at radius 1 is 1.23 bits per heavy atom. The fourth-order valence-electron chi connectivity index (χ4n) is 2.72. The summed E-state index contributed by atoms with van der Waals surface area (Å²) in [4.78, 5) is 16.6. The number of piperazine rings is 1. The number of benzene rings is 1. The molecular weight excluding hydrogens is 274 g/mol. The monoisotopic (exact) mass is 303 g/mol. The highest BCUT2D eigenvalue weighted by Crippen LogP contribution is 2.17. The topological polar surface area (TPSA) is 35.6 Å². The summed E-state index contributed by atoms with van der Waals surface area (Å²) in [7, 11) is 0. The van der Waals surface area contributed by atoms with Crippen molar-refractivity contribution in [2.45, 2.75) is 27.2 Å². The molecule has 0 aromatic heterocycles. The van der Waals surface area contributed by atoms with Gasteiger partial charge >= 0.3 is 0 Å². The van der Waals surface area contributed by atoms with Gasteiger partial charge in [-0.2, -0.15) is 0 Å². The van der Waals surface area contributed by atoms with Crippen LogP contribution in [0.5, 0.6) is 0 Å². The van der Waals surface area contributed by atoms with Crippen LogP contribution in [0.15, 0.2) is 24.3 Å². The Bertz CT molecular complexity index is 479. The maximum Gasteiger partial charge on any atom is 0.221 e. The largest absolute Gasteiger partial charge is 0.369 e. The number of nitrogens with zero attached hydrogens (tertiary/aromatic N) is 2. The van der Waals surface area contributed by atoms with Crippen LogP contribution < -0.4 is 10.2 Å². The molecule has 0 aliphatic carbocycles. The Hall–Kier alpha value is -1.55. The first-order valence-electron chi connectivity index (χ1n) is 8.35. The van der Waals surface area contributed by atoms with Crippen molar-refractivity contribution < 1.29 is 4.79 Å². The van der Waals surface area contributed by atoms with Crippen molar-refractivity contribution in [1.29, 1.82) is 0 Å². The van der Waals surface area contributed by atoms with Gasteiger partial charge in [-0.25, -0.2) is 0 Å². The van der Waals surface area contributed by atoms with Crippen molar-refractivity contribution >= 4 is 11.6 Å². The molecule has 0 saturated carbocycles. The molecule has 1 aliphatic rings. The number of rotatable bonds is 6. The van der Waals surface area contributed by atoms with E-state index in [1.165, 1.54) is 11.3 Å². The molecule has 4 heteroatoms. The van der Waals surface area contributed by atoms with Crippen LogP contribution in [-0.4, -0.2) is 50.1 Å². The Kier molecular flexibility index (Phi) is 6.25. The minimum absolute atomic E-state index is 0.176. The number of hydrogen-bond donors (Lipinski definition) is 1. The van der Waals surface area contributed by atoms with Gasteiger partial charge in [0.2, 0.25) is 5.91 Å². The lowest BCUT2D eigenvalue weighted by atomic mass is 10.2. The van der Waals surface area contributed by atoms with Gasteiger partial charge in [0.1, 0.15) is 0 Å². The maximum absolute atomic E-state index is 11.8. The van der Waals surface area contributed by atoms with Crippen LogP contribution in [0.3, 0.4) is 0 Å². The highest BCUT2D eigenvalue weighted by atomic mass is 16.1. The van der Waals surface area contributed by atoms with Crippen LogP contribution >= 0.6 is 0 Å². The third-order valence-corrected chi connectivity index (χ3v) is 4.10. The summed E-state index contributed by atoms with van der Waals surface area (Å²) in [6.45, 7) is 12.2. The minimum Gasteiger partial charge on any atom is -0.369 e. The van der Waals surface area contributed by atoms with E-state index in [1.807, 2.05) is 0 Å². The van der Waals surface area contributed by atoms with E-state index < -0.39 is 0 Å². The lowest BCUT2D eigenvalue weighted by Gasteiger charge is -2.36. The molecule has 1 aliphatic heterocycles. The SMILES string of the molecule is Cc1cccc(N2CCN(CCC(=O)NCC(C)C)CC2)c1. The molecule has 0 unspecified atom stereocenters.